The third kappa shape index (κ3) is 5.33. The summed E-state index contributed by atoms with van der Waals surface area (Å²) in [6.45, 7) is 0.712. The van der Waals surface area contributed by atoms with E-state index in [1.807, 2.05) is 24.3 Å². The van der Waals surface area contributed by atoms with Crippen molar-refractivity contribution in [2.45, 2.75) is 18.6 Å². The summed E-state index contributed by atoms with van der Waals surface area (Å²) in [4.78, 5) is 12.5. The van der Waals surface area contributed by atoms with Gasteiger partial charge in [0.15, 0.2) is 0 Å². The zero-order chi connectivity index (χ0) is 20.1. The molecule has 6 nitrogen and oxygen atoms in total. The smallest absolute Gasteiger partial charge is 0.227 e. The molecule has 0 saturated carbocycles. The topological polar surface area (TPSA) is 75.7 Å². The van der Waals surface area contributed by atoms with Crippen molar-refractivity contribution in [3.05, 3.63) is 58.6 Å². The molecule has 2 aromatic rings. The number of carbonyl (C=O) groups is 1. The number of methoxy groups -OCH3 is 1. The summed E-state index contributed by atoms with van der Waals surface area (Å²) in [5.74, 6) is 0.358. The van der Waals surface area contributed by atoms with Gasteiger partial charge in [-0.1, -0.05) is 34.1 Å². The molecular formula is C20H23BrN2O4S. The van der Waals surface area contributed by atoms with Crippen LogP contribution >= 0.6 is 15.9 Å². The molecule has 1 N–H and O–H groups in total. The zero-order valence-corrected chi connectivity index (χ0v) is 18.0. The Kier molecular flexibility index (Phi) is 6.74. The lowest BCUT2D eigenvalue weighted by Crippen LogP contribution is -2.41. The van der Waals surface area contributed by atoms with Gasteiger partial charge in [0, 0.05) is 35.2 Å². The molecule has 28 heavy (non-hydrogen) atoms. The maximum atomic E-state index is 12.7. The van der Waals surface area contributed by atoms with E-state index in [1.165, 1.54) is 4.31 Å². The second-order valence-corrected chi connectivity index (χ2v) is 9.66. The maximum absolute atomic E-state index is 12.7. The molecule has 1 aliphatic rings. The summed E-state index contributed by atoms with van der Waals surface area (Å²) in [6.07, 6.45) is 1.02. The Labute approximate surface area is 174 Å². The van der Waals surface area contributed by atoms with Crippen LogP contribution in [0.5, 0.6) is 5.75 Å². The summed E-state index contributed by atoms with van der Waals surface area (Å²) in [5.41, 5.74) is 1.43. The van der Waals surface area contributed by atoms with Gasteiger partial charge >= 0.3 is 0 Å². The highest BCUT2D eigenvalue weighted by Crippen LogP contribution is 2.24. The SMILES string of the molecule is COc1cccc(NC(=O)C2CCN(S(=O)(=O)Cc3ccc(Br)cc3)CC2)c1. The first-order chi connectivity index (χ1) is 13.4. The van der Waals surface area contributed by atoms with Gasteiger partial charge in [0.25, 0.3) is 0 Å². The molecule has 0 radical (unpaired) electrons. The van der Waals surface area contributed by atoms with Crippen LogP contribution in [-0.4, -0.2) is 38.8 Å². The summed E-state index contributed by atoms with van der Waals surface area (Å²) >= 11 is 3.35. The van der Waals surface area contributed by atoms with Crippen LogP contribution in [0.4, 0.5) is 5.69 Å². The normalized spacial score (nSPS) is 15.9. The summed E-state index contributed by atoms with van der Waals surface area (Å²) in [5, 5.41) is 2.89. The highest BCUT2D eigenvalue weighted by molar-refractivity contribution is 9.10. The number of rotatable bonds is 6. The zero-order valence-electron chi connectivity index (χ0n) is 15.6. The van der Waals surface area contributed by atoms with Crippen LogP contribution < -0.4 is 10.1 Å². The number of nitrogens with one attached hydrogen (secondary N) is 1. The predicted octanol–water partition coefficient (Wildman–Crippen LogP) is 3.64. The van der Waals surface area contributed by atoms with Crippen LogP contribution in [0.15, 0.2) is 53.0 Å². The van der Waals surface area contributed by atoms with Gasteiger partial charge in [-0.3, -0.25) is 4.79 Å². The van der Waals surface area contributed by atoms with Crippen LogP contribution in [0, 0.1) is 5.92 Å². The van der Waals surface area contributed by atoms with E-state index in [0.29, 0.717) is 37.4 Å². The van der Waals surface area contributed by atoms with Crippen LogP contribution in [0.3, 0.4) is 0 Å². The lowest BCUT2D eigenvalue weighted by atomic mass is 9.97. The van der Waals surface area contributed by atoms with Gasteiger partial charge in [-0.2, -0.15) is 0 Å². The van der Waals surface area contributed by atoms with Crippen molar-refractivity contribution in [3.8, 4) is 5.75 Å². The highest BCUT2D eigenvalue weighted by atomic mass is 79.9. The van der Waals surface area contributed by atoms with Crippen LogP contribution in [-0.2, 0) is 20.6 Å². The van der Waals surface area contributed by atoms with Crippen molar-refractivity contribution < 1.29 is 17.9 Å². The molecule has 0 unspecified atom stereocenters. The average Bonchev–Trinajstić information content (AvgIpc) is 2.70. The van der Waals surface area contributed by atoms with E-state index in [2.05, 4.69) is 21.2 Å². The lowest BCUT2D eigenvalue weighted by Gasteiger charge is -2.30. The standard InChI is InChI=1S/C20H23BrN2O4S/c1-27-19-4-2-3-18(13-19)22-20(24)16-9-11-23(12-10-16)28(25,26)14-15-5-7-17(21)8-6-15/h2-8,13,16H,9-12,14H2,1H3,(H,22,24). The number of ether oxygens (including phenoxy) is 1. The minimum absolute atomic E-state index is 0.0268. The first-order valence-corrected chi connectivity index (χ1v) is 11.4. The fourth-order valence-electron chi connectivity index (χ4n) is 3.22. The number of benzene rings is 2. The minimum atomic E-state index is -3.40. The first kappa shape index (κ1) is 20.8. The fourth-order valence-corrected chi connectivity index (χ4v) is 5.05. The van der Waals surface area contributed by atoms with Crippen LogP contribution in [0.2, 0.25) is 0 Å². The summed E-state index contributed by atoms with van der Waals surface area (Å²) in [6, 6.07) is 14.5. The van der Waals surface area contributed by atoms with Gasteiger partial charge < -0.3 is 10.1 Å². The van der Waals surface area contributed by atoms with E-state index in [-0.39, 0.29) is 17.6 Å². The van der Waals surface area contributed by atoms with E-state index in [1.54, 1.807) is 31.4 Å². The van der Waals surface area contributed by atoms with E-state index in [9.17, 15) is 13.2 Å². The monoisotopic (exact) mass is 466 g/mol. The average molecular weight is 467 g/mol. The molecule has 2 aromatic carbocycles. The maximum Gasteiger partial charge on any atom is 0.227 e. The van der Waals surface area contributed by atoms with Gasteiger partial charge in [-0.15, -0.1) is 0 Å². The Morgan fingerprint density at radius 3 is 2.50 bits per heavy atom. The predicted molar refractivity (Wildman–Crippen MR) is 113 cm³/mol. The van der Waals surface area contributed by atoms with Crippen molar-refractivity contribution in [3.63, 3.8) is 0 Å². The summed E-state index contributed by atoms with van der Waals surface area (Å²) < 4.78 is 32.9. The number of carbonyl (C=O) groups excluding carboxylic acids is 1. The largest absolute Gasteiger partial charge is 0.497 e. The molecule has 0 aromatic heterocycles. The first-order valence-electron chi connectivity index (χ1n) is 9.04. The van der Waals surface area contributed by atoms with E-state index < -0.39 is 10.0 Å². The lowest BCUT2D eigenvalue weighted by molar-refractivity contribution is -0.120. The molecule has 0 atom stereocenters. The van der Waals surface area contributed by atoms with Crippen molar-refractivity contribution in [1.82, 2.24) is 4.31 Å². The van der Waals surface area contributed by atoms with Crippen molar-refractivity contribution >= 4 is 37.5 Å². The minimum Gasteiger partial charge on any atom is -0.497 e. The number of sulfonamides is 1. The Hall–Kier alpha value is -1.90. The van der Waals surface area contributed by atoms with Crippen LogP contribution in [0.25, 0.3) is 0 Å². The molecule has 3 rings (SSSR count). The highest BCUT2D eigenvalue weighted by Gasteiger charge is 2.31. The second-order valence-electron chi connectivity index (χ2n) is 6.78. The number of piperidine rings is 1. The summed E-state index contributed by atoms with van der Waals surface area (Å²) in [7, 11) is -1.82. The second kappa shape index (κ2) is 9.07. The number of hydrogen-bond acceptors (Lipinski definition) is 4. The van der Waals surface area contributed by atoms with E-state index in [4.69, 9.17) is 4.74 Å². The molecule has 1 aliphatic heterocycles. The number of hydrogen-bond donors (Lipinski definition) is 1. The molecule has 1 amide bonds. The fraction of sp³-hybridized carbons (Fsp3) is 0.350. The van der Waals surface area contributed by atoms with E-state index >= 15 is 0 Å². The van der Waals surface area contributed by atoms with Gasteiger partial charge in [-0.25, -0.2) is 12.7 Å². The molecule has 1 fully saturated rings. The third-order valence-corrected chi connectivity index (χ3v) is 7.20. The Morgan fingerprint density at radius 1 is 1.18 bits per heavy atom. The molecule has 0 aliphatic carbocycles. The van der Waals surface area contributed by atoms with Crippen molar-refractivity contribution in [2.75, 3.05) is 25.5 Å². The molecule has 0 spiro atoms. The molecular weight excluding hydrogens is 444 g/mol. The number of halogens is 1. The Morgan fingerprint density at radius 2 is 1.86 bits per heavy atom. The Balaban J connectivity index is 1.55. The van der Waals surface area contributed by atoms with E-state index in [0.717, 1.165) is 10.0 Å². The van der Waals surface area contributed by atoms with Gasteiger partial charge in [0.05, 0.1) is 12.9 Å². The number of nitrogens with zero attached hydrogens (tertiary/aromatic N) is 1. The van der Waals surface area contributed by atoms with Gasteiger partial charge in [0.2, 0.25) is 15.9 Å². The Bertz CT molecular complexity index is 923. The van der Waals surface area contributed by atoms with Gasteiger partial charge in [-0.05, 0) is 42.7 Å². The van der Waals surface area contributed by atoms with Crippen LogP contribution in [0.1, 0.15) is 18.4 Å². The molecule has 1 heterocycles. The number of amides is 1. The van der Waals surface area contributed by atoms with Crippen molar-refractivity contribution in [1.29, 1.82) is 0 Å². The molecule has 8 heteroatoms. The molecule has 1 saturated heterocycles. The number of anilines is 1. The van der Waals surface area contributed by atoms with Gasteiger partial charge in [0.1, 0.15) is 5.75 Å². The quantitative estimate of drug-likeness (QED) is 0.704. The molecule has 150 valence electrons. The van der Waals surface area contributed by atoms with Crippen molar-refractivity contribution in [2.24, 2.45) is 5.92 Å². The third-order valence-electron chi connectivity index (χ3n) is 4.82. The molecule has 0 bridgehead atoms.